The second-order valence-corrected chi connectivity index (χ2v) is 6.45. The molecule has 1 unspecified atom stereocenters. The molecule has 5 nitrogen and oxygen atoms in total. The summed E-state index contributed by atoms with van der Waals surface area (Å²) in [4.78, 5) is 23.5. The minimum absolute atomic E-state index is 0.162. The molecule has 0 heterocycles. The van der Waals surface area contributed by atoms with Gasteiger partial charge in [-0.3, -0.25) is 9.59 Å². The fourth-order valence-electron chi connectivity index (χ4n) is 2.78. The average Bonchev–Trinajstić information content (AvgIpc) is 2.59. The number of carbonyl (C=O) groups excluding carboxylic acids is 1. The predicted molar refractivity (Wildman–Crippen MR) is 101 cm³/mol. The maximum Gasteiger partial charge on any atom is 0.305 e. The minimum Gasteiger partial charge on any atom is -0.495 e. The Morgan fingerprint density at radius 3 is 2.58 bits per heavy atom. The molecule has 2 aromatic rings. The van der Waals surface area contributed by atoms with Crippen LogP contribution in [0.1, 0.15) is 35.6 Å². The van der Waals surface area contributed by atoms with Crippen molar-refractivity contribution in [1.29, 1.82) is 0 Å². The normalized spacial score (nSPS) is 11.7. The van der Waals surface area contributed by atoms with Crippen molar-refractivity contribution < 1.29 is 19.4 Å². The van der Waals surface area contributed by atoms with Gasteiger partial charge in [0, 0.05) is 6.42 Å². The van der Waals surface area contributed by atoms with Gasteiger partial charge in [0.25, 0.3) is 0 Å². The molecule has 0 radical (unpaired) electrons. The van der Waals surface area contributed by atoms with E-state index in [0.717, 1.165) is 16.7 Å². The summed E-state index contributed by atoms with van der Waals surface area (Å²) in [6, 6.07) is 12.3. The lowest BCUT2D eigenvalue weighted by Crippen LogP contribution is -2.30. The van der Waals surface area contributed by atoms with Crippen LogP contribution in [0.2, 0.25) is 5.02 Å². The Hall–Kier alpha value is -2.53. The molecule has 26 heavy (non-hydrogen) atoms. The molecule has 0 bridgehead atoms. The van der Waals surface area contributed by atoms with Crippen LogP contribution in [0, 0.1) is 6.92 Å². The molecule has 0 aliphatic carbocycles. The molecule has 0 saturated carbocycles. The topological polar surface area (TPSA) is 75.6 Å². The van der Waals surface area contributed by atoms with Crippen molar-refractivity contribution in [1.82, 2.24) is 5.32 Å². The third-order valence-electron chi connectivity index (χ3n) is 4.13. The van der Waals surface area contributed by atoms with Gasteiger partial charge in [0.05, 0.1) is 24.6 Å². The van der Waals surface area contributed by atoms with E-state index >= 15 is 0 Å². The summed E-state index contributed by atoms with van der Waals surface area (Å²) in [7, 11) is 1.54. The highest BCUT2D eigenvalue weighted by Gasteiger charge is 2.19. The van der Waals surface area contributed by atoms with Crippen molar-refractivity contribution >= 4 is 23.5 Å². The molecule has 0 saturated heterocycles. The van der Waals surface area contributed by atoms with Crippen molar-refractivity contribution in [3.8, 4) is 5.75 Å². The maximum atomic E-state index is 12.3. The van der Waals surface area contributed by atoms with E-state index in [1.807, 2.05) is 37.3 Å². The number of halogens is 1. The Bertz CT molecular complexity index is 791. The minimum atomic E-state index is -0.958. The molecule has 0 aliphatic rings. The van der Waals surface area contributed by atoms with Crippen LogP contribution < -0.4 is 10.1 Å². The quantitative estimate of drug-likeness (QED) is 0.733. The number of carboxylic acids is 1. The summed E-state index contributed by atoms with van der Waals surface area (Å²) in [5, 5.41) is 12.5. The zero-order chi connectivity index (χ0) is 19.1. The van der Waals surface area contributed by atoms with Crippen LogP contribution in [0.5, 0.6) is 5.75 Å². The molecule has 1 amide bonds. The van der Waals surface area contributed by atoms with Gasteiger partial charge in [-0.15, -0.1) is 0 Å². The number of carboxylic acid groups (broad SMARTS) is 1. The second-order valence-electron chi connectivity index (χ2n) is 6.04. The van der Waals surface area contributed by atoms with E-state index < -0.39 is 12.0 Å². The number of methoxy groups -OCH3 is 1. The van der Waals surface area contributed by atoms with Crippen LogP contribution in [0.3, 0.4) is 0 Å². The summed E-state index contributed by atoms with van der Waals surface area (Å²) in [6.45, 7) is 1.90. The van der Waals surface area contributed by atoms with E-state index in [9.17, 15) is 9.59 Å². The summed E-state index contributed by atoms with van der Waals surface area (Å²) < 4.78 is 5.11. The van der Waals surface area contributed by atoms with Gasteiger partial charge in [0.15, 0.2) is 0 Å². The molecule has 1 atom stereocenters. The number of ether oxygens (including phenoxy) is 1. The molecule has 2 aromatic carbocycles. The van der Waals surface area contributed by atoms with E-state index in [2.05, 4.69) is 5.32 Å². The number of rotatable bonds is 8. The summed E-state index contributed by atoms with van der Waals surface area (Å²) in [6.07, 6.45) is 0.582. The molecular weight excluding hydrogens is 354 g/mol. The Kier molecular flexibility index (Phi) is 7.04. The first kappa shape index (κ1) is 19.8. The lowest BCUT2D eigenvalue weighted by atomic mass is 9.98. The van der Waals surface area contributed by atoms with Crippen LogP contribution in [0.4, 0.5) is 0 Å². The Morgan fingerprint density at radius 1 is 1.23 bits per heavy atom. The van der Waals surface area contributed by atoms with Crippen LogP contribution in [0.15, 0.2) is 42.5 Å². The van der Waals surface area contributed by atoms with Crippen LogP contribution in [-0.4, -0.2) is 24.1 Å². The van der Waals surface area contributed by atoms with Gasteiger partial charge in [-0.2, -0.15) is 0 Å². The number of aryl methyl sites for hydroxylation is 2. The SMILES string of the molecule is COc1ccc(CCC(=O)NC(CC(=O)O)c2ccccc2C)cc1Cl. The lowest BCUT2D eigenvalue weighted by Gasteiger charge is -2.19. The standard InChI is InChI=1S/C20H22ClNO4/c1-13-5-3-4-6-15(13)17(12-20(24)25)22-19(23)10-8-14-7-9-18(26-2)16(21)11-14/h3-7,9,11,17H,8,10,12H2,1-2H3,(H,22,23)(H,24,25). The molecule has 6 heteroatoms. The maximum absolute atomic E-state index is 12.3. The Labute approximate surface area is 157 Å². The van der Waals surface area contributed by atoms with Gasteiger partial charge in [0.1, 0.15) is 5.75 Å². The number of nitrogens with one attached hydrogen (secondary N) is 1. The summed E-state index contributed by atoms with van der Waals surface area (Å²) in [5.74, 6) is -0.576. The summed E-state index contributed by atoms with van der Waals surface area (Å²) >= 11 is 6.09. The van der Waals surface area contributed by atoms with Gasteiger partial charge >= 0.3 is 5.97 Å². The highest BCUT2D eigenvalue weighted by Crippen LogP contribution is 2.25. The zero-order valence-corrected chi connectivity index (χ0v) is 15.5. The van der Waals surface area contributed by atoms with Crippen LogP contribution in [0.25, 0.3) is 0 Å². The molecule has 0 aliphatic heterocycles. The summed E-state index contributed by atoms with van der Waals surface area (Å²) in [5.41, 5.74) is 2.67. The number of hydrogen-bond donors (Lipinski definition) is 2. The fourth-order valence-corrected chi connectivity index (χ4v) is 3.06. The highest BCUT2D eigenvalue weighted by atomic mass is 35.5. The average molecular weight is 376 g/mol. The van der Waals surface area contributed by atoms with Crippen LogP contribution in [-0.2, 0) is 16.0 Å². The lowest BCUT2D eigenvalue weighted by molar-refractivity contribution is -0.137. The van der Waals surface area contributed by atoms with E-state index in [1.165, 1.54) is 0 Å². The first-order chi connectivity index (χ1) is 12.4. The van der Waals surface area contributed by atoms with E-state index in [4.69, 9.17) is 21.4 Å². The number of hydrogen-bond acceptors (Lipinski definition) is 3. The monoisotopic (exact) mass is 375 g/mol. The Balaban J connectivity index is 2.02. The Morgan fingerprint density at radius 2 is 1.96 bits per heavy atom. The highest BCUT2D eigenvalue weighted by molar-refractivity contribution is 6.32. The van der Waals surface area contributed by atoms with E-state index in [-0.39, 0.29) is 18.7 Å². The first-order valence-corrected chi connectivity index (χ1v) is 8.67. The molecule has 0 spiro atoms. The van der Waals surface area contributed by atoms with Gasteiger partial charge in [0.2, 0.25) is 5.91 Å². The molecule has 2 rings (SSSR count). The van der Waals surface area contributed by atoms with Crippen molar-refractivity contribution in [2.75, 3.05) is 7.11 Å². The van der Waals surface area contributed by atoms with Gasteiger partial charge < -0.3 is 15.2 Å². The second kappa shape index (κ2) is 9.25. The van der Waals surface area contributed by atoms with Crippen molar-refractivity contribution in [2.45, 2.75) is 32.2 Å². The van der Waals surface area contributed by atoms with E-state index in [1.54, 1.807) is 19.2 Å². The van der Waals surface area contributed by atoms with Crippen molar-refractivity contribution in [2.24, 2.45) is 0 Å². The zero-order valence-electron chi connectivity index (χ0n) is 14.8. The van der Waals surface area contributed by atoms with Crippen LogP contribution >= 0.6 is 11.6 Å². The number of carbonyl (C=O) groups is 2. The van der Waals surface area contributed by atoms with Gasteiger partial charge in [-0.05, 0) is 42.2 Å². The van der Waals surface area contributed by atoms with Gasteiger partial charge in [-0.25, -0.2) is 0 Å². The van der Waals surface area contributed by atoms with E-state index in [0.29, 0.717) is 17.2 Å². The molecule has 0 aromatic heterocycles. The fraction of sp³-hybridized carbons (Fsp3) is 0.300. The van der Waals surface area contributed by atoms with Crippen molar-refractivity contribution in [3.63, 3.8) is 0 Å². The molecule has 0 fully saturated rings. The number of benzene rings is 2. The molecular formula is C20H22ClNO4. The number of amides is 1. The smallest absolute Gasteiger partial charge is 0.305 e. The van der Waals surface area contributed by atoms with Crippen molar-refractivity contribution in [3.05, 3.63) is 64.2 Å². The largest absolute Gasteiger partial charge is 0.495 e. The predicted octanol–water partition coefficient (Wildman–Crippen LogP) is 3.92. The third kappa shape index (κ3) is 5.49. The first-order valence-electron chi connectivity index (χ1n) is 8.29. The molecule has 138 valence electrons. The van der Waals surface area contributed by atoms with Gasteiger partial charge in [-0.1, -0.05) is 41.9 Å². The molecule has 2 N–H and O–H groups in total. The number of aliphatic carboxylic acids is 1. The third-order valence-corrected chi connectivity index (χ3v) is 4.43.